The number of allylic oxidation sites excluding steroid dienone is 4. The minimum absolute atomic E-state index is 0.0753. The number of carboxylic acid groups (broad SMARTS) is 1. The van der Waals surface area contributed by atoms with Crippen LogP contribution in [0.4, 0.5) is 4.39 Å². The number of ether oxygens (including phenoxy) is 1. The third-order valence-corrected chi connectivity index (χ3v) is 8.71. The van der Waals surface area contributed by atoms with E-state index in [0.717, 1.165) is 11.4 Å². The van der Waals surface area contributed by atoms with Gasteiger partial charge in [0.1, 0.15) is 18.2 Å². The fraction of sp³-hybridized carbons (Fsp3) is 0.424. The molecule has 2 aliphatic carbocycles. The highest BCUT2D eigenvalue weighted by atomic mass is 35.5. The van der Waals surface area contributed by atoms with Gasteiger partial charge in [0.15, 0.2) is 11.6 Å². The molecule has 222 valence electrons. The van der Waals surface area contributed by atoms with Crippen LogP contribution < -0.4 is 4.74 Å². The fourth-order valence-electron chi connectivity index (χ4n) is 6.52. The van der Waals surface area contributed by atoms with Crippen LogP contribution >= 0.6 is 23.2 Å². The molecule has 9 heteroatoms. The van der Waals surface area contributed by atoms with E-state index in [9.17, 15) is 23.9 Å². The zero-order chi connectivity index (χ0) is 30.6. The highest BCUT2D eigenvalue weighted by Gasteiger charge is 2.49. The number of ketones is 2. The van der Waals surface area contributed by atoms with Gasteiger partial charge in [0.25, 0.3) is 0 Å². The van der Waals surface area contributed by atoms with Crippen molar-refractivity contribution in [2.75, 3.05) is 6.54 Å². The van der Waals surface area contributed by atoms with E-state index in [2.05, 4.69) is 0 Å². The molecule has 0 saturated heterocycles. The van der Waals surface area contributed by atoms with Crippen LogP contribution in [0.2, 0.25) is 10.0 Å². The molecule has 6 nitrogen and oxygen atoms in total. The summed E-state index contributed by atoms with van der Waals surface area (Å²) in [6.45, 7) is 8.31. The molecule has 42 heavy (non-hydrogen) atoms. The third-order valence-electron chi connectivity index (χ3n) is 8.22. The second kappa shape index (κ2) is 11.2. The van der Waals surface area contributed by atoms with E-state index in [-0.39, 0.29) is 65.7 Å². The molecular formula is C33H34Cl2FNO5. The zero-order valence-electron chi connectivity index (χ0n) is 24.2. The maximum atomic E-state index is 14.0. The van der Waals surface area contributed by atoms with E-state index < -0.39 is 11.9 Å². The minimum Gasteiger partial charge on any atom is -0.487 e. The summed E-state index contributed by atoms with van der Waals surface area (Å²) in [7, 11) is 0. The summed E-state index contributed by atoms with van der Waals surface area (Å²) in [6.07, 6.45) is 1.48. The SMILES string of the molecule is CC1(C)CC(=O)C2=C(C1)N(CCC(=O)O)C1=C(C(=O)CC(C)(C)C1)C2c1cc(Cl)cc(Cl)c1OCc1ccc(F)cc1. The van der Waals surface area contributed by atoms with Crippen molar-refractivity contribution < 1.29 is 28.6 Å². The largest absolute Gasteiger partial charge is 0.487 e. The molecule has 0 unspecified atom stereocenters. The molecule has 0 amide bonds. The first-order valence-electron chi connectivity index (χ1n) is 14.0. The second-order valence-electron chi connectivity index (χ2n) is 13.1. The number of carbonyl (C=O) groups excluding carboxylic acids is 2. The summed E-state index contributed by atoms with van der Waals surface area (Å²) >= 11 is 13.3. The molecule has 0 bridgehead atoms. The van der Waals surface area contributed by atoms with Crippen molar-refractivity contribution in [1.29, 1.82) is 0 Å². The molecule has 2 aromatic rings. The van der Waals surface area contributed by atoms with Crippen molar-refractivity contribution in [3.05, 3.63) is 85.9 Å². The van der Waals surface area contributed by atoms with Gasteiger partial charge in [-0.15, -0.1) is 0 Å². The predicted octanol–water partition coefficient (Wildman–Crippen LogP) is 7.87. The summed E-state index contributed by atoms with van der Waals surface area (Å²) in [5, 5.41) is 10.1. The first-order chi connectivity index (χ1) is 19.7. The summed E-state index contributed by atoms with van der Waals surface area (Å²) in [4.78, 5) is 41.7. The number of rotatable bonds is 7. The Morgan fingerprint density at radius 3 is 2.02 bits per heavy atom. The quantitative estimate of drug-likeness (QED) is 0.342. The predicted molar refractivity (Wildman–Crippen MR) is 159 cm³/mol. The topological polar surface area (TPSA) is 83.9 Å². The number of hydrogen-bond acceptors (Lipinski definition) is 5. The lowest BCUT2D eigenvalue weighted by Gasteiger charge is -2.49. The van der Waals surface area contributed by atoms with Crippen LogP contribution in [-0.4, -0.2) is 34.1 Å². The normalized spacial score (nSPS) is 20.0. The molecule has 3 aliphatic rings. The van der Waals surface area contributed by atoms with Crippen LogP contribution in [0.1, 0.15) is 76.8 Å². The first-order valence-corrected chi connectivity index (χ1v) is 14.8. The van der Waals surface area contributed by atoms with Gasteiger partial charge < -0.3 is 14.7 Å². The van der Waals surface area contributed by atoms with Crippen molar-refractivity contribution >= 4 is 40.7 Å². The average Bonchev–Trinajstić information content (AvgIpc) is 2.85. The number of nitrogens with zero attached hydrogens (tertiary/aromatic N) is 1. The molecule has 0 saturated carbocycles. The summed E-state index contributed by atoms with van der Waals surface area (Å²) < 4.78 is 19.8. The van der Waals surface area contributed by atoms with Crippen molar-refractivity contribution in [3.63, 3.8) is 0 Å². The molecule has 5 rings (SSSR count). The summed E-state index contributed by atoms with van der Waals surface area (Å²) in [5.41, 5.74) is 2.92. The molecule has 0 radical (unpaired) electrons. The number of benzene rings is 2. The lowest BCUT2D eigenvalue weighted by molar-refractivity contribution is -0.137. The Labute approximate surface area is 255 Å². The summed E-state index contributed by atoms with van der Waals surface area (Å²) in [6, 6.07) is 9.15. The van der Waals surface area contributed by atoms with Gasteiger partial charge in [-0.25, -0.2) is 4.39 Å². The Morgan fingerprint density at radius 2 is 1.50 bits per heavy atom. The van der Waals surface area contributed by atoms with E-state index in [1.54, 1.807) is 24.3 Å². The molecule has 1 aliphatic heterocycles. The van der Waals surface area contributed by atoms with Crippen molar-refractivity contribution in [2.45, 2.75) is 72.3 Å². The third kappa shape index (κ3) is 6.00. The molecule has 0 aromatic heterocycles. The second-order valence-corrected chi connectivity index (χ2v) is 13.9. The summed E-state index contributed by atoms with van der Waals surface area (Å²) in [5.74, 6) is -2.00. The maximum absolute atomic E-state index is 14.0. The van der Waals surface area contributed by atoms with Crippen LogP contribution in [-0.2, 0) is 21.0 Å². The lowest BCUT2D eigenvalue weighted by atomic mass is 9.63. The number of halogens is 3. The van der Waals surface area contributed by atoms with Gasteiger partial charge in [0.2, 0.25) is 0 Å². The fourth-order valence-corrected chi connectivity index (χ4v) is 7.08. The molecule has 0 atom stereocenters. The van der Waals surface area contributed by atoms with Crippen LogP contribution in [0.15, 0.2) is 58.9 Å². The minimum atomic E-state index is -0.956. The lowest BCUT2D eigenvalue weighted by Crippen LogP contribution is -2.45. The Hall–Kier alpha value is -3.16. The van der Waals surface area contributed by atoms with Gasteiger partial charge in [-0.3, -0.25) is 14.4 Å². The smallest absolute Gasteiger partial charge is 0.305 e. The zero-order valence-corrected chi connectivity index (χ0v) is 25.7. The Bertz CT molecular complexity index is 1490. The van der Waals surface area contributed by atoms with E-state index in [1.165, 1.54) is 12.1 Å². The highest BCUT2D eigenvalue weighted by Crippen LogP contribution is 2.56. The van der Waals surface area contributed by atoms with Crippen molar-refractivity contribution in [1.82, 2.24) is 4.90 Å². The molecule has 1 N–H and O–H groups in total. The molecular weight excluding hydrogens is 580 g/mol. The number of carboxylic acids is 1. The molecule has 0 spiro atoms. The van der Waals surface area contributed by atoms with E-state index in [4.69, 9.17) is 27.9 Å². The van der Waals surface area contributed by atoms with Crippen molar-refractivity contribution in [2.24, 2.45) is 10.8 Å². The first kappa shape index (κ1) is 30.3. The van der Waals surface area contributed by atoms with Crippen molar-refractivity contribution in [3.8, 4) is 5.75 Å². The van der Waals surface area contributed by atoms with E-state index in [0.29, 0.717) is 45.9 Å². The highest BCUT2D eigenvalue weighted by molar-refractivity contribution is 6.35. The van der Waals surface area contributed by atoms with Crippen LogP contribution in [0.25, 0.3) is 0 Å². The van der Waals surface area contributed by atoms with Crippen LogP contribution in [0.5, 0.6) is 5.75 Å². The number of aliphatic carboxylic acids is 1. The number of hydrogen-bond donors (Lipinski definition) is 1. The van der Waals surface area contributed by atoms with Gasteiger partial charge in [-0.05, 0) is 53.5 Å². The average molecular weight is 615 g/mol. The van der Waals surface area contributed by atoms with Gasteiger partial charge >= 0.3 is 5.97 Å². The van der Waals surface area contributed by atoms with E-state index in [1.807, 2.05) is 32.6 Å². The monoisotopic (exact) mass is 613 g/mol. The standard InChI is InChI=1S/C33H34Cl2FNO5/c1-32(2)13-23-29(25(38)15-32)28(30-24(37(23)10-9-27(40)41)14-33(3,4)16-26(30)39)21-11-19(34)12-22(35)31(21)42-17-18-5-7-20(36)8-6-18/h5-8,11-12,28H,9-10,13-17H2,1-4H3,(H,40,41). The van der Waals surface area contributed by atoms with Gasteiger partial charge in [0.05, 0.1) is 11.4 Å². The molecule has 0 fully saturated rings. The van der Waals surface area contributed by atoms with Gasteiger partial charge in [-0.1, -0.05) is 63.0 Å². The molecule has 1 heterocycles. The van der Waals surface area contributed by atoms with Gasteiger partial charge in [-0.2, -0.15) is 0 Å². The molecule has 2 aromatic carbocycles. The van der Waals surface area contributed by atoms with Crippen LogP contribution in [0.3, 0.4) is 0 Å². The van der Waals surface area contributed by atoms with E-state index >= 15 is 0 Å². The Kier molecular flexibility index (Phi) is 8.05. The Balaban J connectivity index is 1.73. The van der Waals surface area contributed by atoms with Gasteiger partial charge in [0, 0.05) is 58.4 Å². The number of carbonyl (C=O) groups is 3. The Morgan fingerprint density at radius 1 is 0.952 bits per heavy atom. The number of Topliss-reactive ketones (excluding diaryl/α,β-unsaturated/α-hetero) is 2. The van der Waals surface area contributed by atoms with Crippen LogP contribution in [0, 0.1) is 16.6 Å². The maximum Gasteiger partial charge on any atom is 0.305 e.